The lowest BCUT2D eigenvalue weighted by molar-refractivity contribution is 0.112. The van der Waals surface area contributed by atoms with Crippen molar-refractivity contribution in [3.8, 4) is 11.4 Å². The van der Waals surface area contributed by atoms with Crippen LogP contribution in [0.4, 0.5) is 0 Å². The van der Waals surface area contributed by atoms with Crippen molar-refractivity contribution in [2.75, 3.05) is 0 Å². The Hall–Kier alpha value is -2.17. The number of aromatic nitrogens is 3. The Morgan fingerprint density at radius 2 is 1.93 bits per heavy atom. The summed E-state index contributed by atoms with van der Waals surface area (Å²) in [5.41, 5.74) is 1.00. The second kappa shape index (κ2) is 3.29. The van der Waals surface area contributed by atoms with Crippen LogP contribution >= 0.6 is 0 Å². The zero-order chi connectivity index (χ0) is 9.97. The van der Waals surface area contributed by atoms with Crippen molar-refractivity contribution in [3.05, 3.63) is 40.3 Å². The molecule has 0 aliphatic heterocycles. The normalized spacial score (nSPS) is 10.0. The van der Waals surface area contributed by atoms with E-state index in [2.05, 4.69) is 15.2 Å². The second-order valence-corrected chi connectivity index (χ2v) is 2.77. The van der Waals surface area contributed by atoms with Gasteiger partial charge in [-0.15, -0.1) is 0 Å². The maximum Gasteiger partial charge on any atom is 0.340 e. The van der Waals surface area contributed by atoms with Crippen LogP contribution in [0.3, 0.4) is 0 Å². The lowest BCUT2D eigenvalue weighted by Crippen LogP contribution is -2.00. The van der Waals surface area contributed by atoms with E-state index in [9.17, 15) is 9.59 Å². The minimum atomic E-state index is -0.348. The molecule has 2 N–H and O–H groups in total. The smallest absolute Gasteiger partial charge is 0.298 e. The van der Waals surface area contributed by atoms with Crippen LogP contribution in [0.1, 0.15) is 10.4 Å². The van der Waals surface area contributed by atoms with Crippen LogP contribution in [-0.2, 0) is 0 Å². The van der Waals surface area contributed by atoms with Crippen LogP contribution < -0.4 is 5.69 Å². The Bertz CT molecular complexity index is 495. The van der Waals surface area contributed by atoms with Crippen LogP contribution in [0.5, 0.6) is 0 Å². The molecule has 5 heteroatoms. The molecule has 14 heavy (non-hydrogen) atoms. The van der Waals surface area contributed by atoms with Gasteiger partial charge in [-0.25, -0.2) is 9.89 Å². The first-order valence-corrected chi connectivity index (χ1v) is 4.00. The minimum absolute atomic E-state index is 0.348. The Labute approximate surface area is 78.8 Å². The number of aldehydes is 1. The Balaban J connectivity index is 2.42. The number of carbonyl (C=O) groups excluding carboxylic acids is 1. The first-order chi connectivity index (χ1) is 6.79. The fraction of sp³-hybridized carbons (Fsp3) is 0. The van der Waals surface area contributed by atoms with Gasteiger partial charge in [-0.05, 0) is 0 Å². The summed E-state index contributed by atoms with van der Waals surface area (Å²) in [5, 5.41) is 6.03. The van der Waals surface area contributed by atoms with E-state index in [1.807, 2.05) is 0 Å². The van der Waals surface area contributed by atoms with Gasteiger partial charge < -0.3 is 0 Å². The highest BCUT2D eigenvalue weighted by atomic mass is 16.1. The van der Waals surface area contributed by atoms with Crippen molar-refractivity contribution in [1.82, 2.24) is 15.2 Å². The van der Waals surface area contributed by atoms with Gasteiger partial charge in [-0.2, -0.15) is 5.10 Å². The van der Waals surface area contributed by atoms with E-state index in [4.69, 9.17) is 0 Å². The molecule has 0 amide bonds. The van der Waals surface area contributed by atoms with Crippen LogP contribution in [0.2, 0.25) is 0 Å². The van der Waals surface area contributed by atoms with Gasteiger partial charge in [0.05, 0.1) is 0 Å². The fourth-order valence-electron chi connectivity index (χ4n) is 1.13. The summed E-state index contributed by atoms with van der Waals surface area (Å²) >= 11 is 0. The highest BCUT2D eigenvalue weighted by molar-refractivity contribution is 5.76. The van der Waals surface area contributed by atoms with Gasteiger partial charge in [-0.1, -0.05) is 24.3 Å². The number of carbonyl (C=O) groups is 1. The van der Waals surface area contributed by atoms with Gasteiger partial charge in [0.15, 0.2) is 5.82 Å². The molecule has 0 saturated carbocycles. The number of hydrogen-bond donors (Lipinski definition) is 2. The number of hydrogen-bond acceptors (Lipinski definition) is 3. The average Bonchev–Trinajstić information content (AvgIpc) is 2.65. The van der Waals surface area contributed by atoms with Crippen LogP contribution in [0, 0.1) is 0 Å². The van der Waals surface area contributed by atoms with Crippen molar-refractivity contribution >= 4 is 6.29 Å². The molecule has 0 bridgehead atoms. The highest BCUT2D eigenvalue weighted by Crippen LogP contribution is 2.12. The predicted octanol–water partition coefficient (Wildman–Crippen LogP) is 0.578. The van der Waals surface area contributed by atoms with E-state index in [0.717, 1.165) is 11.8 Å². The summed E-state index contributed by atoms with van der Waals surface area (Å²) < 4.78 is 0. The van der Waals surface area contributed by atoms with Crippen LogP contribution in [0.25, 0.3) is 11.4 Å². The van der Waals surface area contributed by atoms with E-state index < -0.39 is 0 Å². The zero-order valence-corrected chi connectivity index (χ0v) is 7.15. The quantitative estimate of drug-likeness (QED) is 0.678. The summed E-state index contributed by atoms with van der Waals surface area (Å²) in [7, 11) is 0. The van der Waals surface area contributed by atoms with E-state index in [-0.39, 0.29) is 5.69 Å². The molecule has 0 aliphatic carbocycles. The Kier molecular flexibility index (Phi) is 1.98. The number of aromatic amines is 2. The number of nitrogens with zero attached hydrogens (tertiary/aromatic N) is 1. The molecule has 0 radical (unpaired) electrons. The molecule has 1 heterocycles. The zero-order valence-electron chi connectivity index (χ0n) is 7.15. The fourth-order valence-corrected chi connectivity index (χ4v) is 1.13. The molecule has 2 aromatic rings. The van der Waals surface area contributed by atoms with Crippen molar-refractivity contribution in [2.24, 2.45) is 0 Å². The molecule has 0 saturated heterocycles. The van der Waals surface area contributed by atoms with Gasteiger partial charge in [0.1, 0.15) is 6.29 Å². The summed E-state index contributed by atoms with van der Waals surface area (Å²) in [6.45, 7) is 0. The molecule has 0 atom stereocenters. The summed E-state index contributed by atoms with van der Waals surface area (Å²) in [5.74, 6) is 0.465. The third-order valence-electron chi connectivity index (χ3n) is 1.82. The van der Waals surface area contributed by atoms with E-state index in [1.54, 1.807) is 24.3 Å². The van der Waals surface area contributed by atoms with Crippen LogP contribution in [0.15, 0.2) is 29.1 Å². The van der Waals surface area contributed by atoms with Crippen molar-refractivity contribution in [3.63, 3.8) is 0 Å². The molecule has 1 aromatic carbocycles. The first-order valence-electron chi connectivity index (χ1n) is 4.00. The molecule has 0 aliphatic rings. The Morgan fingerprint density at radius 3 is 2.43 bits per heavy atom. The van der Waals surface area contributed by atoms with Gasteiger partial charge in [0.2, 0.25) is 0 Å². The predicted molar refractivity (Wildman–Crippen MR) is 50.0 cm³/mol. The molecule has 70 valence electrons. The lowest BCUT2D eigenvalue weighted by atomic mass is 10.1. The molecule has 1 aromatic heterocycles. The summed E-state index contributed by atoms with van der Waals surface area (Å²) in [6.07, 6.45) is 0.761. The third-order valence-corrected chi connectivity index (χ3v) is 1.82. The molecule has 2 rings (SSSR count). The molecule has 5 nitrogen and oxygen atoms in total. The van der Waals surface area contributed by atoms with Gasteiger partial charge in [0, 0.05) is 11.1 Å². The lowest BCUT2D eigenvalue weighted by Gasteiger charge is -1.94. The van der Waals surface area contributed by atoms with E-state index >= 15 is 0 Å². The van der Waals surface area contributed by atoms with Crippen LogP contribution in [-0.4, -0.2) is 21.5 Å². The monoisotopic (exact) mass is 189 g/mol. The SMILES string of the molecule is O=Cc1ccc(-c2n[nH]c(=O)[nH]2)cc1. The maximum absolute atomic E-state index is 10.8. The maximum atomic E-state index is 10.8. The van der Waals surface area contributed by atoms with Gasteiger partial charge in [-0.3, -0.25) is 9.78 Å². The third kappa shape index (κ3) is 1.47. The van der Waals surface area contributed by atoms with E-state index in [0.29, 0.717) is 11.4 Å². The largest absolute Gasteiger partial charge is 0.340 e. The average molecular weight is 189 g/mol. The van der Waals surface area contributed by atoms with Gasteiger partial charge >= 0.3 is 5.69 Å². The van der Waals surface area contributed by atoms with Crippen molar-refractivity contribution in [1.29, 1.82) is 0 Å². The standard InChI is InChI=1S/C9H7N3O2/c13-5-6-1-3-7(4-2-6)8-10-9(14)12-11-8/h1-5H,(H2,10,11,12,14). The van der Waals surface area contributed by atoms with Crippen molar-refractivity contribution in [2.45, 2.75) is 0 Å². The molecular formula is C9H7N3O2. The number of H-pyrrole nitrogens is 2. The highest BCUT2D eigenvalue weighted by Gasteiger charge is 2.01. The topological polar surface area (TPSA) is 78.6 Å². The van der Waals surface area contributed by atoms with Crippen molar-refractivity contribution < 1.29 is 4.79 Å². The second-order valence-electron chi connectivity index (χ2n) is 2.77. The summed E-state index contributed by atoms with van der Waals surface area (Å²) in [4.78, 5) is 23.7. The van der Waals surface area contributed by atoms with E-state index in [1.165, 1.54) is 0 Å². The summed E-state index contributed by atoms with van der Waals surface area (Å²) in [6, 6.07) is 6.76. The number of rotatable bonds is 2. The number of benzene rings is 1. The first kappa shape index (κ1) is 8.43. The van der Waals surface area contributed by atoms with Gasteiger partial charge in [0.25, 0.3) is 0 Å². The molecular weight excluding hydrogens is 182 g/mol. The molecule has 0 spiro atoms. The number of nitrogens with one attached hydrogen (secondary N) is 2. The molecule has 0 fully saturated rings. The minimum Gasteiger partial charge on any atom is -0.298 e. The molecule has 0 unspecified atom stereocenters. The Morgan fingerprint density at radius 1 is 1.21 bits per heavy atom.